The standard InChI is InChI=1S/C18H20F2N2O3/c1-22(15(11-12-23)13-7-3-2-4-8-13)18(24)21-14-9-5-6-10-16(14)25-17(19)20/h2-10,15,17,23H,11-12H2,1H3,(H,21,24)/t15-/m0/s1. The Morgan fingerprint density at radius 3 is 2.44 bits per heavy atom. The van der Waals surface area contributed by atoms with E-state index >= 15 is 0 Å². The van der Waals surface area contributed by atoms with E-state index in [9.17, 15) is 18.7 Å². The molecule has 0 heterocycles. The Balaban J connectivity index is 2.16. The number of carbonyl (C=O) groups is 1. The normalized spacial score (nSPS) is 11.9. The molecule has 2 N–H and O–H groups in total. The number of rotatable bonds is 7. The van der Waals surface area contributed by atoms with Crippen LogP contribution >= 0.6 is 0 Å². The third kappa shape index (κ3) is 5.15. The lowest BCUT2D eigenvalue weighted by atomic mass is 10.0. The van der Waals surface area contributed by atoms with E-state index in [1.807, 2.05) is 30.3 Å². The van der Waals surface area contributed by atoms with Crippen LogP contribution in [0.2, 0.25) is 0 Å². The van der Waals surface area contributed by atoms with Gasteiger partial charge in [0, 0.05) is 13.7 Å². The fraction of sp³-hybridized carbons (Fsp3) is 0.278. The Morgan fingerprint density at radius 1 is 1.16 bits per heavy atom. The molecule has 2 amide bonds. The maximum absolute atomic E-state index is 12.5. The molecule has 2 aromatic rings. The number of alkyl halides is 2. The van der Waals surface area contributed by atoms with Crippen molar-refractivity contribution in [1.82, 2.24) is 4.90 Å². The Labute approximate surface area is 144 Å². The Morgan fingerprint density at radius 2 is 1.80 bits per heavy atom. The summed E-state index contributed by atoms with van der Waals surface area (Å²) in [5.41, 5.74) is 1.02. The third-order valence-corrected chi connectivity index (χ3v) is 3.72. The summed E-state index contributed by atoms with van der Waals surface area (Å²) < 4.78 is 29.4. The monoisotopic (exact) mass is 350 g/mol. The number of para-hydroxylation sites is 2. The molecule has 134 valence electrons. The molecule has 7 heteroatoms. The number of ether oxygens (including phenoxy) is 1. The van der Waals surface area contributed by atoms with E-state index in [0.29, 0.717) is 6.42 Å². The molecule has 0 bridgehead atoms. The van der Waals surface area contributed by atoms with Crippen molar-refractivity contribution in [3.63, 3.8) is 0 Å². The van der Waals surface area contributed by atoms with Crippen molar-refractivity contribution < 1.29 is 23.4 Å². The molecule has 0 spiro atoms. The Kier molecular flexibility index (Phi) is 6.71. The molecule has 0 aromatic heterocycles. The second-order valence-electron chi connectivity index (χ2n) is 5.35. The number of aliphatic hydroxyl groups is 1. The SMILES string of the molecule is CN(C(=O)Nc1ccccc1OC(F)F)[C@@H](CCO)c1ccccc1. The second kappa shape index (κ2) is 8.98. The van der Waals surface area contributed by atoms with E-state index in [1.54, 1.807) is 13.1 Å². The summed E-state index contributed by atoms with van der Waals surface area (Å²) in [6.45, 7) is -3.08. The third-order valence-electron chi connectivity index (χ3n) is 3.72. The molecule has 0 saturated carbocycles. The van der Waals surface area contributed by atoms with Gasteiger partial charge < -0.3 is 20.1 Å². The van der Waals surface area contributed by atoms with E-state index < -0.39 is 12.6 Å². The lowest BCUT2D eigenvalue weighted by Gasteiger charge is -2.28. The van der Waals surface area contributed by atoms with E-state index in [-0.39, 0.29) is 24.1 Å². The molecular weight excluding hydrogens is 330 g/mol. The first kappa shape index (κ1) is 18.7. The molecule has 5 nitrogen and oxygen atoms in total. The first-order chi connectivity index (χ1) is 12.0. The Hall–Kier alpha value is -2.67. The van der Waals surface area contributed by atoms with E-state index in [0.717, 1.165) is 5.56 Å². The highest BCUT2D eigenvalue weighted by Gasteiger charge is 2.22. The fourth-order valence-corrected chi connectivity index (χ4v) is 2.49. The molecule has 1 atom stereocenters. The van der Waals surface area contributed by atoms with Crippen molar-refractivity contribution in [2.75, 3.05) is 19.0 Å². The molecule has 0 radical (unpaired) electrons. The van der Waals surface area contributed by atoms with Crippen LogP contribution in [0.1, 0.15) is 18.0 Å². The quantitative estimate of drug-likeness (QED) is 0.797. The number of hydrogen-bond donors (Lipinski definition) is 2. The Bertz CT molecular complexity index is 683. The molecule has 0 aliphatic rings. The number of anilines is 1. The topological polar surface area (TPSA) is 61.8 Å². The second-order valence-corrected chi connectivity index (χ2v) is 5.35. The predicted octanol–water partition coefficient (Wildman–Crippen LogP) is 3.88. The lowest BCUT2D eigenvalue weighted by molar-refractivity contribution is -0.0493. The van der Waals surface area contributed by atoms with Crippen molar-refractivity contribution in [1.29, 1.82) is 0 Å². The summed E-state index contributed by atoms with van der Waals surface area (Å²) in [7, 11) is 1.58. The number of aliphatic hydroxyl groups excluding tert-OH is 1. The van der Waals surface area contributed by atoms with E-state index in [4.69, 9.17) is 0 Å². The molecule has 0 aliphatic heterocycles. The number of carbonyl (C=O) groups excluding carboxylic acids is 1. The van der Waals surface area contributed by atoms with Crippen molar-refractivity contribution in [2.45, 2.75) is 19.1 Å². The van der Waals surface area contributed by atoms with Crippen LogP contribution in [0.5, 0.6) is 5.75 Å². The van der Waals surface area contributed by atoms with Crippen molar-refractivity contribution >= 4 is 11.7 Å². The van der Waals surface area contributed by atoms with Crippen LogP contribution in [0.4, 0.5) is 19.3 Å². The van der Waals surface area contributed by atoms with Gasteiger partial charge in [-0.05, 0) is 24.1 Å². The number of nitrogens with zero attached hydrogens (tertiary/aromatic N) is 1. The maximum atomic E-state index is 12.5. The van der Waals surface area contributed by atoms with Crippen LogP contribution < -0.4 is 10.1 Å². The van der Waals surface area contributed by atoms with Crippen LogP contribution in [-0.2, 0) is 0 Å². The molecule has 0 fully saturated rings. The van der Waals surface area contributed by atoms with Gasteiger partial charge in [0.1, 0.15) is 5.75 Å². The number of amides is 2. The van der Waals surface area contributed by atoms with Gasteiger partial charge in [-0.25, -0.2) is 4.79 Å². The van der Waals surface area contributed by atoms with Gasteiger partial charge in [-0.1, -0.05) is 42.5 Å². The smallest absolute Gasteiger partial charge is 0.387 e. The van der Waals surface area contributed by atoms with E-state index in [2.05, 4.69) is 10.1 Å². The summed E-state index contributed by atoms with van der Waals surface area (Å²) >= 11 is 0. The van der Waals surface area contributed by atoms with Crippen LogP contribution in [0.15, 0.2) is 54.6 Å². The number of benzene rings is 2. The van der Waals surface area contributed by atoms with Crippen LogP contribution in [0, 0.1) is 0 Å². The van der Waals surface area contributed by atoms with Gasteiger partial charge in [0.15, 0.2) is 0 Å². The van der Waals surface area contributed by atoms with Crippen molar-refractivity contribution in [2.24, 2.45) is 0 Å². The average molecular weight is 350 g/mol. The highest BCUT2D eigenvalue weighted by atomic mass is 19.3. The molecule has 2 aromatic carbocycles. The zero-order valence-corrected chi connectivity index (χ0v) is 13.7. The number of halogens is 2. The maximum Gasteiger partial charge on any atom is 0.387 e. The summed E-state index contributed by atoms with van der Waals surface area (Å²) in [4.78, 5) is 14.0. The van der Waals surface area contributed by atoms with Gasteiger partial charge in [0.2, 0.25) is 0 Å². The molecule has 0 unspecified atom stereocenters. The average Bonchev–Trinajstić information content (AvgIpc) is 2.61. The summed E-state index contributed by atoms with van der Waals surface area (Å²) in [6, 6.07) is 14.4. The predicted molar refractivity (Wildman–Crippen MR) is 90.7 cm³/mol. The first-order valence-electron chi connectivity index (χ1n) is 7.76. The van der Waals surface area contributed by atoms with Gasteiger partial charge in [0.25, 0.3) is 0 Å². The zero-order valence-electron chi connectivity index (χ0n) is 13.7. The lowest BCUT2D eigenvalue weighted by Crippen LogP contribution is -2.35. The highest BCUT2D eigenvalue weighted by Crippen LogP contribution is 2.28. The zero-order chi connectivity index (χ0) is 18.2. The van der Waals surface area contributed by atoms with Gasteiger partial charge in [0.05, 0.1) is 11.7 Å². The number of urea groups is 1. The summed E-state index contributed by atoms with van der Waals surface area (Å²) in [5.74, 6) is -0.113. The van der Waals surface area contributed by atoms with Gasteiger partial charge >= 0.3 is 12.6 Å². The minimum absolute atomic E-state index is 0.0950. The first-order valence-corrected chi connectivity index (χ1v) is 7.76. The van der Waals surface area contributed by atoms with Crippen LogP contribution in [-0.4, -0.2) is 36.3 Å². The largest absolute Gasteiger partial charge is 0.433 e. The van der Waals surface area contributed by atoms with Gasteiger partial charge in [-0.2, -0.15) is 8.78 Å². The molecular formula is C18H20F2N2O3. The van der Waals surface area contributed by atoms with Crippen molar-refractivity contribution in [3.05, 3.63) is 60.2 Å². The minimum atomic E-state index is -2.98. The van der Waals surface area contributed by atoms with Gasteiger partial charge in [-0.15, -0.1) is 0 Å². The minimum Gasteiger partial charge on any atom is -0.433 e. The molecule has 0 saturated heterocycles. The van der Waals surface area contributed by atoms with Crippen LogP contribution in [0.3, 0.4) is 0 Å². The molecule has 2 rings (SSSR count). The summed E-state index contributed by atoms with van der Waals surface area (Å²) in [5, 5.41) is 11.9. The molecule has 25 heavy (non-hydrogen) atoms. The number of nitrogens with one attached hydrogen (secondary N) is 1. The van der Waals surface area contributed by atoms with E-state index in [1.165, 1.54) is 23.1 Å². The number of hydrogen-bond acceptors (Lipinski definition) is 3. The highest BCUT2D eigenvalue weighted by molar-refractivity contribution is 5.91. The van der Waals surface area contributed by atoms with Crippen molar-refractivity contribution in [3.8, 4) is 5.75 Å². The molecule has 0 aliphatic carbocycles. The van der Waals surface area contributed by atoms with Gasteiger partial charge in [-0.3, -0.25) is 0 Å². The fourth-order valence-electron chi connectivity index (χ4n) is 2.49. The summed E-state index contributed by atoms with van der Waals surface area (Å²) in [6.07, 6.45) is 0.350. The van der Waals surface area contributed by atoms with Crippen LogP contribution in [0.25, 0.3) is 0 Å².